The van der Waals surface area contributed by atoms with Crippen molar-refractivity contribution in [2.45, 2.75) is 6.54 Å². The average Bonchev–Trinajstić information content (AvgIpc) is 2.55. The second-order valence-electron chi connectivity index (χ2n) is 5.06. The third kappa shape index (κ3) is 3.06. The molecule has 0 radical (unpaired) electrons. The predicted octanol–water partition coefficient (Wildman–Crippen LogP) is 2.30. The molecule has 0 aliphatic rings. The Morgan fingerprint density at radius 1 is 1.17 bits per heavy atom. The van der Waals surface area contributed by atoms with Crippen LogP contribution in [0.5, 0.6) is 5.75 Å². The second-order valence-corrected chi connectivity index (χ2v) is 5.06. The van der Waals surface area contributed by atoms with E-state index in [4.69, 9.17) is 0 Å². The van der Waals surface area contributed by atoms with E-state index in [2.05, 4.69) is 10.3 Å². The van der Waals surface area contributed by atoms with Gasteiger partial charge in [-0.25, -0.2) is 4.39 Å². The fraction of sp³-hybridized carbons (Fsp3) is 0.0588. The number of halogens is 1. The van der Waals surface area contributed by atoms with E-state index in [1.807, 2.05) is 0 Å². The third-order valence-corrected chi connectivity index (χ3v) is 3.45. The highest BCUT2D eigenvalue weighted by molar-refractivity contribution is 5.95. The molecule has 2 aromatic carbocycles. The molecule has 0 bridgehead atoms. The van der Waals surface area contributed by atoms with Crippen molar-refractivity contribution in [3.63, 3.8) is 0 Å². The summed E-state index contributed by atoms with van der Waals surface area (Å²) in [6.45, 7) is 0.194. The van der Waals surface area contributed by atoms with Crippen LogP contribution in [0.3, 0.4) is 0 Å². The van der Waals surface area contributed by atoms with Gasteiger partial charge in [-0.05, 0) is 29.8 Å². The molecule has 0 aliphatic heterocycles. The van der Waals surface area contributed by atoms with Crippen LogP contribution in [0.15, 0.2) is 53.3 Å². The van der Waals surface area contributed by atoms with Crippen molar-refractivity contribution in [2.75, 3.05) is 0 Å². The van der Waals surface area contributed by atoms with Crippen molar-refractivity contribution >= 4 is 16.8 Å². The van der Waals surface area contributed by atoms with Crippen molar-refractivity contribution in [1.82, 2.24) is 10.3 Å². The Morgan fingerprint density at radius 3 is 2.65 bits per heavy atom. The Hall–Kier alpha value is -3.15. The smallest absolute Gasteiger partial charge is 0.268 e. The van der Waals surface area contributed by atoms with Crippen LogP contribution >= 0.6 is 0 Å². The van der Waals surface area contributed by atoms with E-state index < -0.39 is 5.91 Å². The Morgan fingerprint density at radius 2 is 1.91 bits per heavy atom. The molecular formula is C17H13FN2O3. The Bertz CT molecular complexity index is 933. The number of hydrogen-bond donors (Lipinski definition) is 3. The number of H-pyrrole nitrogens is 1. The van der Waals surface area contributed by atoms with Crippen LogP contribution in [0.25, 0.3) is 10.9 Å². The minimum atomic E-state index is -0.489. The maximum Gasteiger partial charge on any atom is 0.268 e. The number of rotatable bonds is 3. The number of para-hydroxylation sites is 1. The lowest BCUT2D eigenvalue weighted by molar-refractivity contribution is 0.0946. The second kappa shape index (κ2) is 5.92. The Balaban J connectivity index is 1.85. The van der Waals surface area contributed by atoms with Crippen molar-refractivity contribution in [3.05, 3.63) is 75.8 Å². The molecule has 0 saturated heterocycles. The molecule has 0 spiro atoms. The van der Waals surface area contributed by atoms with Crippen molar-refractivity contribution in [3.8, 4) is 5.75 Å². The number of aromatic amines is 1. The minimum absolute atomic E-state index is 0.0473. The molecule has 3 N–H and O–H groups in total. The SMILES string of the molecule is O=C(NCc1ccc(F)cc1)c1cc(=O)c2cccc(O)c2[nH]1. The van der Waals surface area contributed by atoms with Gasteiger partial charge in [0, 0.05) is 18.0 Å². The topological polar surface area (TPSA) is 82.2 Å². The lowest BCUT2D eigenvalue weighted by atomic mass is 10.1. The lowest BCUT2D eigenvalue weighted by Gasteiger charge is -2.07. The van der Waals surface area contributed by atoms with Gasteiger partial charge in [0.15, 0.2) is 5.43 Å². The van der Waals surface area contributed by atoms with Crippen molar-refractivity contribution < 1.29 is 14.3 Å². The largest absolute Gasteiger partial charge is 0.506 e. The summed E-state index contributed by atoms with van der Waals surface area (Å²) in [7, 11) is 0. The Labute approximate surface area is 130 Å². The van der Waals surface area contributed by atoms with Gasteiger partial charge in [-0.2, -0.15) is 0 Å². The summed E-state index contributed by atoms with van der Waals surface area (Å²) >= 11 is 0. The van der Waals surface area contributed by atoms with E-state index in [-0.39, 0.29) is 34.8 Å². The zero-order chi connectivity index (χ0) is 16.4. The first-order valence-corrected chi connectivity index (χ1v) is 6.92. The zero-order valence-corrected chi connectivity index (χ0v) is 12.0. The maximum atomic E-state index is 12.8. The third-order valence-electron chi connectivity index (χ3n) is 3.45. The van der Waals surface area contributed by atoms with Crippen LogP contribution < -0.4 is 10.7 Å². The van der Waals surface area contributed by atoms with Crippen LogP contribution in [0.2, 0.25) is 0 Å². The van der Waals surface area contributed by atoms with E-state index in [0.29, 0.717) is 5.39 Å². The number of hydrogen-bond acceptors (Lipinski definition) is 3. The first-order chi connectivity index (χ1) is 11.0. The molecule has 3 aromatic rings. The molecule has 1 heterocycles. The summed E-state index contributed by atoms with van der Waals surface area (Å²) in [5.41, 5.74) is 0.630. The van der Waals surface area contributed by atoms with Gasteiger partial charge < -0.3 is 15.4 Å². The monoisotopic (exact) mass is 312 g/mol. The molecule has 3 rings (SSSR count). The standard InChI is InChI=1S/C17H13FN2O3/c18-11-6-4-10(5-7-11)9-19-17(23)13-8-15(22)12-2-1-3-14(21)16(12)20-13/h1-8,21H,9H2,(H,19,23)(H,20,22). The summed E-state index contributed by atoms with van der Waals surface area (Å²) < 4.78 is 12.8. The number of carbonyl (C=O) groups excluding carboxylic acids is 1. The van der Waals surface area contributed by atoms with Gasteiger partial charge in [-0.3, -0.25) is 9.59 Å². The molecule has 0 fully saturated rings. The van der Waals surface area contributed by atoms with E-state index in [0.717, 1.165) is 5.56 Å². The van der Waals surface area contributed by atoms with Crippen LogP contribution in [0.1, 0.15) is 16.1 Å². The molecule has 1 aromatic heterocycles. The summed E-state index contributed by atoms with van der Waals surface area (Å²) in [5.74, 6) is -0.946. The summed E-state index contributed by atoms with van der Waals surface area (Å²) in [4.78, 5) is 26.9. The number of fused-ring (bicyclic) bond motifs is 1. The number of carbonyl (C=O) groups is 1. The van der Waals surface area contributed by atoms with Crippen LogP contribution in [-0.4, -0.2) is 16.0 Å². The first kappa shape index (κ1) is 14.8. The van der Waals surface area contributed by atoms with Gasteiger partial charge in [0.25, 0.3) is 5.91 Å². The number of pyridine rings is 1. The summed E-state index contributed by atoms with van der Waals surface area (Å²) in [6, 6.07) is 11.5. The average molecular weight is 312 g/mol. The Kier molecular flexibility index (Phi) is 3.80. The van der Waals surface area contributed by atoms with Crippen LogP contribution in [0, 0.1) is 5.82 Å². The van der Waals surface area contributed by atoms with Gasteiger partial charge in [0.2, 0.25) is 0 Å². The highest BCUT2D eigenvalue weighted by Crippen LogP contribution is 2.19. The van der Waals surface area contributed by atoms with E-state index in [1.54, 1.807) is 24.3 Å². The number of aromatic nitrogens is 1. The molecule has 6 heteroatoms. The first-order valence-electron chi connectivity index (χ1n) is 6.92. The number of amides is 1. The van der Waals surface area contributed by atoms with Gasteiger partial charge in [0.05, 0.1) is 5.52 Å². The van der Waals surface area contributed by atoms with Gasteiger partial charge in [0.1, 0.15) is 17.3 Å². The van der Waals surface area contributed by atoms with E-state index in [9.17, 15) is 19.1 Å². The normalized spacial score (nSPS) is 10.7. The quantitative estimate of drug-likeness (QED) is 0.694. The molecule has 116 valence electrons. The molecule has 0 unspecified atom stereocenters. The fourth-order valence-electron chi connectivity index (χ4n) is 2.26. The highest BCUT2D eigenvalue weighted by atomic mass is 19.1. The van der Waals surface area contributed by atoms with Gasteiger partial charge in [-0.15, -0.1) is 0 Å². The van der Waals surface area contributed by atoms with Crippen molar-refractivity contribution in [2.24, 2.45) is 0 Å². The molecule has 1 amide bonds. The zero-order valence-electron chi connectivity index (χ0n) is 12.0. The number of phenolic OH excluding ortho intramolecular Hbond substituents is 1. The maximum absolute atomic E-state index is 12.8. The van der Waals surface area contributed by atoms with Crippen LogP contribution in [0.4, 0.5) is 4.39 Å². The summed E-state index contributed by atoms with van der Waals surface area (Å²) in [6.07, 6.45) is 0. The van der Waals surface area contributed by atoms with Gasteiger partial charge in [-0.1, -0.05) is 18.2 Å². The molecule has 0 aliphatic carbocycles. The van der Waals surface area contributed by atoms with Crippen molar-refractivity contribution in [1.29, 1.82) is 0 Å². The molecule has 23 heavy (non-hydrogen) atoms. The number of aromatic hydroxyl groups is 1. The summed E-state index contributed by atoms with van der Waals surface area (Å²) in [5, 5.41) is 12.7. The minimum Gasteiger partial charge on any atom is -0.506 e. The highest BCUT2D eigenvalue weighted by Gasteiger charge is 2.11. The number of nitrogens with one attached hydrogen (secondary N) is 2. The lowest BCUT2D eigenvalue weighted by Crippen LogP contribution is -2.25. The fourth-order valence-corrected chi connectivity index (χ4v) is 2.26. The predicted molar refractivity (Wildman–Crippen MR) is 83.8 cm³/mol. The molecule has 0 saturated carbocycles. The number of phenols is 1. The van der Waals surface area contributed by atoms with E-state index >= 15 is 0 Å². The number of benzene rings is 2. The van der Waals surface area contributed by atoms with Crippen LogP contribution in [-0.2, 0) is 6.54 Å². The van der Waals surface area contributed by atoms with E-state index in [1.165, 1.54) is 24.3 Å². The molecule has 5 nitrogen and oxygen atoms in total. The molecular weight excluding hydrogens is 299 g/mol. The van der Waals surface area contributed by atoms with Gasteiger partial charge >= 0.3 is 0 Å². The molecule has 0 atom stereocenters.